The molecule has 0 atom stereocenters. The molecule has 0 radical (unpaired) electrons. The van der Waals surface area contributed by atoms with Crippen LogP contribution in [0.2, 0.25) is 5.02 Å². The summed E-state index contributed by atoms with van der Waals surface area (Å²) in [6.45, 7) is 1.89. The van der Waals surface area contributed by atoms with Crippen molar-refractivity contribution in [3.63, 3.8) is 0 Å². The molecule has 0 bridgehead atoms. The zero-order valence-corrected chi connectivity index (χ0v) is 15.1. The fraction of sp³-hybridized carbons (Fsp3) is 0.0500. The highest BCUT2D eigenvalue weighted by molar-refractivity contribution is 6.31. The molecule has 0 aliphatic heterocycles. The van der Waals surface area contributed by atoms with Gasteiger partial charge in [0, 0.05) is 22.3 Å². The summed E-state index contributed by atoms with van der Waals surface area (Å²) in [6, 6.07) is 16.3. The molecule has 27 heavy (non-hydrogen) atoms. The van der Waals surface area contributed by atoms with E-state index in [1.54, 1.807) is 12.1 Å². The molecule has 4 rings (SSSR count). The molecular weight excluding hydrogens is 364 g/mol. The number of benzene rings is 2. The molecule has 0 fully saturated rings. The molecule has 7 heteroatoms. The molecular formula is C20H15ClN4O2. The lowest BCUT2D eigenvalue weighted by Crippen LogP contribution is -2.02. The van der Waals surface area contributed by atoms with Gasteiger partial charge in [0.1, 0.15) is 0 Å². The van der Waals surface area contributed by atoms with Gasteiger partial charge in [-0.25, -0.2) is 4.79 Å². The highest BCUT2D eigenvalue weighted by Gasteiger charge is 2.12. The van der Waals surface area contributed by atoms with Gasteiger partial charge in [0.2, 0.25) is 0 Å². The number of nitrogens with one attached hydrogen (secondary N) is 1. The second kappa shape index (κ2) is 6.74. The fourth-order valence-corrected chi connectivity index (χ4v) is 3.07. The summed E-state index contributed by atoms with van der Waals surface area (Å²) < 4.78 is 1.95. The van der Waals surface area contributed by atoms with Crippen LogP contribution in [0.4, 0.5) is 11.4 Å². The Morgan fingerprint density at radius 3 is 2.67 bits per heavy atom. The quantitative estimate of drug-likeness (QED) is 0.532. The second-order valence-electron chi connectivity index (χ2n) is 6.11. The molecule has 4 aromatic rings. The van der Waals surface area contributed by atoms with E-state index >= 15 is 0 Å². The van der Waals surface area contributed by atoms with Crippen molar-refractivity contribution < 1.29 is 9.90 Å². The first-order valence-corrected chi connectivity index (χ1v) is 8.61. The van der Waals surface area contributed by atoms with Gasteiger partial charge in [-0.2, -0.15) is 5.10 Å². The van der Waals surface area contributed by atoms with E-state index in [1.807, 2.05) is 54.1 Å². The molecule has 2 aromatic carbocycles. The van der Waals surface area contributed by atoms with E-state index in [2.05, 4.69) is 15.5 Å². The standard InChI is InChI=1S/C20H15ClN4O2/c1-12-2-7-19(24-23-12)25-9-8-13-10-15(4-6-18(13)25)22-17-5-3-14(21)11-16(17)20(26)27/h2-11,22H,1H3,(H,26,27). The van der Waals surface area contributed by atoms with Crippen molar-refractivity contribution in [1.29, 1.82) is 0 Å². The molecule has 0 amide bonds. The zero-order valence-electron chi connectivity index (χ0n) is 14.3. The van der Waals surface area contributed by atoms with Crippen LogP contribution in [0.3, 0.4) is 0 Å². The first-order valence-electron chi connectivity index (χ1n) is 8.23. The summed E-state index contributed by atoms with van der Waals surface area (Å²) in [4.78, 5) is 11.4. The van der Waals surface area contributed by atoms with Gasteiger partial charge in [-0.15, -0.1) is 5.10 Å². The van der Waals surface area contributed by atoms with Crippen LogP contribution in [-0.2, 0) is 0 Å². The number of carbonyl (C=O) groups is 1. The van der Waals surface area contributed by atoms with Crippen molar-refractivity contribution in [2.45, 2.75) is 6.92 Å². The van der Waals surface area contributed by atoms with Crippen LogP contribution in [-0.4, -0.2) is 25.8 Å². The van der Waals surface area contributed by atoms with Gasteiger partial charge in [-0.05, 0) is 61.5 Å². The smallest absolute Gasteiger partial charge is 0.337 e. The van der Waals surface area contributed by atoms with Crippen molar-refractivity contribution in [2.75, 3.05) is 5.32 Å². The number of nitrogens with zero attached hydrogens (tertiary/aromatic N) is 3. The number of aromatic carboxylic acids is 1. The highest BCUT2D eigenvalue weighted by atomic mass is 35.5. The van der Waals surface area contributed by atoms with E-state index < -0.39 is 5.97 Å². The van der Waals surface area contributed by atoms with Gasteiger partial charge in [0.15, 0.2) is 5.82 Å². The number of anilines is 2. The Balaban J connectivity index is 1.69. The average Bonchev–Trinajstić information content (AvgIpc) is 3.07. The lowest BCUT2D eigenvalue weighted by Gasteiger charge is -2.11. The van der Waals surface area contributed by atoms with Gasteiger partial charge >= 0.3 is 5.97 Å². The third-order valence-electron chi connectivity index (χ3n) is 4.21. The molecule has 2 N–H and O–H groups in total. The molecule has 0 saturated heterocycles. The van der Waals surface area contributed by atoms with Crippen molar-refractivity contribution in [2.24, 2.45) is 0 Å². The van der Waals surface area contributed by atoms with Crippen LogP contribution in [0, 0.1) is 6.92 Å². The van der Waals surface area contributed by atoms with Gasteiger partial charge in [-0.1, -0.05) is 11.6 Å². The summed E-state index contributed by atoms with van der Waals surface area (Å²) in [5, 5.41) is 22.2. The van der Waals surface area contributed by atoms with Gasteiger partial charge in [0.25, 0.3) is 0 Å². The average molecular weight is 379 g/mol. The van der Waals surface area contributed by atoms with E-state index in [-0.39, 0.29) is 5.56 Å². The van der Waals surface area contributed by atoms with Gasteiger partial charge < -0.3 is 10.4 Å². The normalized spacial score (nSPS) is 10.9. The largest absolute Gasteiger partial charge is 0.478 e. The first-order chi connectivity index (χ1) is 13.0. The monoisotopic (exact) mass is 378 g/mol. The van der Waals surface area contributed by atoms with Crippen LogP contribution < -0.4 is 5.32 Å². The molecule has 2 heterocycles. The van der Waals surface area contributed by atoms with Crippen molar-refractivity contribution >= 4 is 39.8 Å². The van der Waals surface area contributed by atoms with Crippen molar-refractivity contribution in [1.82, 2.24) is 14.8 Å². The third-order valence-corrected chi connectivity index (χ3v) is 4.45. The number of fused-ring (bicyclic) bond motifs is 1. The van der Waals surface area contributed by atoms with Gasteiger partial charge in [-0.3, -0.25) is 4.57 Å². The number of carboxylic acids is 1. The van der Waals surface area contributed by atoms with Crippen LogP contribution in [0.15, 0.2) is 60.8 Å². The number of halogens is 1. The molecule has 2 aromatic heterocycles. The molecule has 0 unspecified atom stereocenters. The molecule has 0 aliphatic carbocycles. The minimum absolute atomic E-state index is 0.120. The number of carboxylic acid groups (broad SMARTS) is 1. The maximum atomic E-state index is 11.4. The number of hydrogen-bond acceptors (Lipinski definition) is 4. The van der Waals surface area contributed by atoms with E-state index in [0.717, 1.165) is 28.1 Å². The molecule has 0 saturated carbocycles. The van der Waals surface area contributed by atoms with Crippen molar-refractivity contribution in [3.8, 4) is 5.82 Å². The summed E-state index contributed by atoms with van der Waals surface area (Å²) in [5.41, 5.74) is 3.22. The SMILES string of the molecule is Cc1ccc(-n2ccc3cc(Nc4ccc(Cl)cc4C(=O)O)ccc32)nn1. The Bertz CT molecular complexity index is 1150. The molecule has 0 aliphatic rings. The lowest BCUT2D eigenvalue weighted by molar-refractivity contribution is 0.0698. The van der Waals surface area contributed by atoms with Crippen molar-refractivity contribution in [3.05, 3.63) is 77.1 Å². The van der Waals surface area contributed by atoms with E-state index in [1.165, 1.54) is 6.07 Å². The maximum absolute atomic E-state index is 11.4. The summed E-state index contributed by atoms with van der Waals surface area (Å²) >= 11 is 5.91. The topological polar surface area (TPSA) is 80.0 Å². The number of aromatic nitrogens is 3. The molecule has 134 valence electrons. The Labute approximate surface area is 160 Å². The number of hydrogen-bond donors (Lipinski definition) is 2. The molecule has 0 spiro atoms. The lowest BCUT2D eigenvalue weighted by atomic mass is 10.1. The van der Waals surface area contributed by atoms with E-state index in [0.29, 0.717) is 10.7 Å². The summed E-state index contributed by atoms with van der Waals surface area (Å²) in [7, 11) is 0. The fourth-order valence-electron chi connectivity index (χ4n) is 2.90. The van der Waals surface area contributed by atoms with Crippen LogP contribution in [0.5, 0.6) is 0 Å². The summed E-state index contributed by atoms with van der Waals surface area (Å²) in [5.74, 6) is -0.299. The summed E-state index contributed by atoms with van der Waals surface area (Å²) in [6.07, 6.45) is 1.93. The second-order valence-corrected chi connectivity index (χ2v) is 6.55. The predicted octanol–water partition coefficient (Wildman–Crippen LogP) is 4.82. The van der Waals surface area contributed by atoms with E-state index in [4.69, 9.17) is 11.6 Å². The van der Waals surface area contributed by atoms with E-state index in [9.17, 15) is 9.90 Å². The minimum Gasteiger partial charge on any atom is -0.478 e. The van der Waals surface area contributed by atoms with Crippen LogP contribution in [0.1, 0.15) is 16.1 Å². The minimum atomic E-state index is -1.04. The zero-order chi connectivity index (χ0) is 19.0. The number of aryl methyl sites for hydroxylation is 1. The van der Waals surface area contributed by atoms with Crippen LogP contribution >= 0.6 is 11.6 Å². The van der Waals surface area contributed by atoms with Gasteiger partial charge in [0.05, 0.1) is 22.5 Å². The Morgan fingerprint density at radius 1 is 1.07 bits per heavy atom. The maximum Gasteiger partial charge on any atom is 0.337 e. The third kappa shape index (κ3) is 3.35. The van der Waals surface area contributed by atoms with Crippen LogP contribution in [0.25, 0.3) is 16.7 Å². The number of rotatable bonds is 4. The molecule has 6 nitrogen and oxygen atoms in total. The Morgan fingerprint density at radius 2 is 1.93 bits per heavy atom. The first kappa shape index (κ1) is 17.1. The predicted molar refractivity (Wildman–Crippen MR) is 105 cm³/mol. The highest BCUT2D eigenvalue weighted by Crippen LogP contribution is 2.28. The Hall–Kier alpha value is -3.38. The Kier molecular flexibility index (Phi) is 4.25.